The van der Waals surface area contributed by atoms with Crippen LogP contribution in [-0.2, 0) is 20.4 Å². The van der Waals surface area contributed by atoms with Gasteiger partial charge in [-0.1, -0.05) is 0 Å². The Hall–Kier alpha value is 0.712. The van der Waals surface area contributed by atoms with E-state index in [1.807, 2.05) is 0 Å². The summed E-state index contributed by atoms with van der Waals surface area (Å²) in [5, 5.41) is 0. The third-order valence-electron chi connectivity index (χ3n) is 0.333. The Kier molecular flexibility index (Phi) is 195. The van der Waals surface area contributed by atoms with Crippen molar-refractivity contribution in [3.63, 3.8) is 0 Å². The average molecular weight is 379 g/mol. The minimum absolute atomic E-state index is 0. The third kappa shape index (κ3) is 137. The van der Waals surface area contributed by atoms with Crippen molar-refractivity contribution in [2.45, 2.75) is 0 Å². The Balaban J connectivity index is -0.0000000112. The van der Waals surface area contributed by atoms with Crippen molar-refractivity contribution in [3.8, 4) is 0 Å². The van der Waals surface area contributed by atoms with Gasteiger partial charge in [-0.05, 0) is 0 Å². The summed E-state index contributed by atoms with van der Waals surface area (Å²) in [7, 11) is 0. The van der Waals surface area contributed by atoms with Crippen molar-refractivity contribution in [2.75, 3.05) is 26.2 Å². The molecular weight excluding hydrogens is 358 g/mol. The van der Waals surface area contributed by atoms with Gasteiger partial charge in [0, 0.05) is 46.6 Å². The second-order valence-corrected chi connectivity index (χ2v) is 1.15. The zero-order valence-corrected chi connectivity index (χ0v) is 10.5. The van der Waals surface area contributed by atoms with Gasteiger partial charge in [0.05, 0.1) is 0 Å². The van der Waals surface area contributed by atoms with Gasteiger partial charge in [-0.15, -0.1) is 12.4 Å². The van der Waals surface area contributed by atoms with Crippen LogP contribution >= 0.6 is 12.4 Å². The van der Waals surface area contributed by atoms with Gasteiger partial charge >= 0.3 is 0 Å². The summed E-state index contributed by atoms with van der Waals surface area (Å²) in [5.74, 6) is 0. The molecule has 0 aromatic carbocycles. The smallest absolute Gasteiger partial charge is 0.00461 e. The summed E-state index contributed by atoms with van der Waals surface area (Å²) >= 11 is 0. The fourth-order valence-electron chi connectivity index (χ4n) is 0. The van der Waals surface area contributed by atoms with E-state index in [2.05, 4.69) is 0 Å². The molecule has 6 nitrogen and oxygen atoms in total. The van der Waals surface area contributed by atoms with E-state index in [-0.39, 0.29) is 43.8 Å². The van der Waals surface area contributed by atoms with E-state index in [1.54, 1.807) is 0 Å². The summed E-state index contributed by atoms with van der Waals surface area (Å²) in [6.45, 7) is 2.39. The molecule has 0 aliphatic rings. The van der Waals surface area contributed by atoms with Crippen LogP contribution in [0.5, 0.6) is 0 Å². The van der Waals surface area contributed by atoms with Crippen LogP contribution in [0.15, 0.2) is 0 Å². The first-order chi connectivity index (χ1) is 3.83. The first-order valence-corrected chi connectivity index (χ1v) is 2.63. The number of rotatable bonds is 2. The molecule has 8 heteroatoms. The molecule has 1 radical (unpaired) electrons. The van der Waals surface area contributed by atoms with Crippen molar-refractivity contribution in [3.05, 3.63) is 0 Å². The van der Waals surface area contributed by atoms with Crippen molar-refractivity contribution in [2.24, 2.45) is 22.9 Å². The second kappa shape index (κ2) is 60.5. The molecule has 83 valence electrons. The molecule has 0 bridgehead atoms. The molecule has 0 saturated heterocycles. The quantitative estimate of drug-likeness (QED) is 0.392. The van der Waals surface area contributed by atoms with E-state index in [9.17, 15) is 0 Å². The van der Waals surface area contributed by atoms with Crippen LogP contribution in [0.1, 0.15) is 0 Å². The Morgan fingerprint density at radius 2 is 0.667 bits per heavy atom. The molecule has 0 saturated carbocycles. The maximum absolute atomic E-state index is 4.90. The Morgan fingerprint density at radius 1 is 0.583 bits per heavy atom. The van der Waals surface area contributed by atoms with Gasteiger partial charge in [-0.2, -0.15) is 0 Å². The first kappa shape index (κ1) is 38.7. The Bertz CT molecular complexity index is 33.0. The minimum atomic E-state index is 0. The van der Waals surface area contributed by atoms with Gasteiger partial charge in [0.2, 0.25) is 0 Å². The SMILES string of the molecule is Cl.NCCN.NCCN.O.O.[Re]. The van der Waals surface area contributed by atoms with Crippen LogP contribution in [0.3, 0.4) is 0 Å². The third-order valence-corrected chi connectivity index (χ3v) is 0.333. The molecule has 0 spiro atoms. The van der Waals surface area contributed by atoms with Crippen LogP contribution in [-0.4, -0.2) is 37.1 Å². The number of hydrogen-bond donors (Lipinski definition) is 4. The largest absolute Gasteiger partial charge is 0.412 e. The molecule has 0 amide bonds. The van der Waals surface area contributed by atoms with Crippen LogP contribution in [0.4, 0.5) is 0 Å². The molecule has 0 fully saturated rings. The molecule has 0 rings (SSSR count). The minimum Gasteiger partial charge on any atom is -0.412 e. The van der Waals surface area contributed by atoms with Gasteiger partial charge in [-0.25, -0.2) is 0 Å². The second-order valence-electron chi connectivity index (χ2n) is 1.15. The zero-order chi connectivity index (χ0) is 6.83. The predicted octanol–water partition coefficient (Wildman–Crippen LogP) is -3.42. The summed E-state index contributed by atoms with van der Waals surface area (Å²) in [6.07, 6.45) is 0. The molecule has 12 N–H and O–H groups in total. The molecule has 0 aromatic heterocycles. The van der Waals surface area contributed by atoms with Gasteiger partial charge in [0.25, 0.3) is 0 Å². The number of hydrogen-bond acceptors (Lipinski definition) is 4. The van der Waals surface area contributed by atoms with Crippen molar-refractivity contribution >= 4 is 12.4 Å². The molecule has 12 heavy (non-hydrogen) atoms. The first-order valence-electron chi connectivity index (χ1n) is 2.63. The van der Waals surface area contributed by atoms with Crippen molar-refractivity contribution in [1.29, 1.82) is 0 Å². The van der Waals surface area contributed by atoms with Crippen LogP contribution in [0.25, 0.3) is 0 Å². The van der Waals surface area contributed by atoms with E-state index in [0.29, 0.717) is 26.2 Å². The van der Waals surface area contributed by atoms with E-state index in [1.165, 1.54) is 0 Å². The molecule has 0 atom stereocenters. The van der Waals surface area contributed by atoms with Crippen LogP contribution in [0, 0.1) is 0 Å². The summed E-state index contributed by atoms with van der Waals surface area (Å²) in [5.41, 5.74) is 19.6. The van der Waals surface area contributed by atoms with Gasteiger partial charge < -0.3 is 33.9 Å². The summed E-state index contributed by atoms with van der Waals surface area (Å²) < 4.78 is 0. The molecule has 0 unspecified atom stereocenters. The standard InChI is InChI=1S/2C2H8N2.ClH.2H2O.Re/c2*3-1-2-4;;;;/h2*1-4H2;1H;2*1H2;. The fourth-order valence-corrected chi connectivity index (χ4v) is 0. The topological polar surface area (TPSA) is 167 Å². The van der Waals surface area contributed by atoms with E-state index >= 15 is 0 Å². The number of nitrogens with two attached hydrogens (primary N) is 4. The average Bonchev–Trinajstić information content (AvgIpc) is 1.88. The maximum atomic E-state index is 4.90. The van der Waals surface area contributed by atoms with E-state index in [4.69, 9.17) is 22.9 Å². The summed E-state index contributed by atoms with van der Waals surface area (Å²) in [4.78, 5) is 0. The van der Waals surface area contributed by atoms with Gasteiger partial charge in [0.1, 0.15) is 0 Å². The summed E-state index contributed by atoms with van der Waals surface area (Å²) in [6, 6.07) is 0. The Labute approximate surface area is 93.1 Å². The molecule has 0 heterocycles. The normalized spacial score (nSPS) is 5.00. The Morgan fingerprint density at radius 3 is 0.667 bits per heavy atom. The molecule has 0 aromatic rings. The van der Waals surface area contributed by atoms with Crippen LogP contribution in [0.2, 0.25) is 0 Å². The van der Waals surface area contributed by atoms with E-state index in [0.717, 1.165) is 0 Å². The zero-order valence-electron chi connectivity index (χ0n) is 6.92. The molecule has 0 aliphatic carbocycles. The molecular formula is C4H21ClN4O2Re. The van der Waals surface area contributed by atoms with Crippen molar-refractivity contribution < 1.29 is 31.4 Å². The van der Waals surface area contributed by atoms with E-state index < -0.39 is 0 Å². The van der Waals surface area contributed by atoms with Gasteiger partial charge in [-0.3, -0.25) is 0 Å². The van der Waals surface area contributed by atoms with Crippen molar-refractivity contribution in [1.82, 2.24) is 0 Å². The monoisotopic (exact) mass is 379 g/mol. The van der Waals surface area contributed by atoms with Gasteiger partial charge in [0.15, 0.2) is 0 Å². The predicted molar refractivity (Wildman–Crippen MR) is 50.7 cm³/mol. The molecule has 0 aliphatic heterocycles. The maximum Gasteiger partial charge on any atom is 0.00461 e. The fraction of sp³-hybridized carbons (Fsp3) is 1.00. The van der Waals surface area contributed by atoms with Crippen LogP contribution < -0.4 is 22.9 Å². The number of halogens is 1.